The first kappa shape index (κ1) is 32.4. The van der Waals surface area contributed by atoms with Gasteiger partial charge in [0.05, 0.1) is 35.5 Å². The average molecular weight is 657 g/mol. The molecule has 242 valence electrons. The van der Waals surface area contributed by atoms with Crippen molar-refractivity contribution in [1.82, 2.24) is 24.8 Å². The second-order valence-corrected chi connectivity index (χ2v) is 11.8. The standard InChI is InChI=1S/C23H20F5N7O2S.C5H10FN/c1-34(9-7-35(8-9)14(36)6-29)20-11-5-12(23(26,27)28)15(16(25)17(11)32-22(33-20)37-2)10-3-4-13(24)19-18(10)31-21(30)38-19;1-7-3-2-5(6)4-7/h3-5,9H,6-8,29H2,1-2H3,(H2,30,31);5H,2-4H2,1H3. The first-order valence-corrected chi connectivity index (χ1v) is 14.6. The minimum atomic E-state index is -5.01. The molecular formula is C28H30F6N8O2S. The van der Waals surface area contributed by atoms with Crippen molar-refractivity contribution in [1.29, 1.82) is 0 Å². The van der Waals surface area contributed by atoms with E-state index in [4.69, 9.17) is 16.2 Å². The lowest BCUT2D eigenvalue weighted by atomic mass is 9.95. The number of anilines is 2. The van der Waals surface area contributed by atoms with Crippen molar-refractivity contribution in [2.24, 2.45) is 5.73 Å². The second-order valence-electron chi connectivity index (χ2n) is 10.8. The predicted octanol–water partition coefficient (Wildman–Crippen LogP) is 4.06. The molecule has 2 saturated heterocycles. The first-order valence-electron chi connectivity index (χ1n) is 13.8. The number of nitrogens with zero attached hydrogens (tertiary/aromatic N) is 6. The SMILES string of the molecule is CN1CCC(F)C1.COc1nc(N(C)C2CN(C(=O)CN)C2)c2cc(C(F)(F)F)c(-c3ccc(F)c4sc(N)nc34)c(F)c2n1. The summed E-state index contributed by atoms with van der Waals surface area (Å²) in [6, 6.07) is 2.12. The second kappa shape index (κ2) is 12.4. The minimum absolute atomic E-state index is 0.0187. The lowest BCUT2D eigenvalue weighted by Gasteiger charge is -2.44. The molecule has 10 nitrogen and oxygen atoms in total. The number of fused-ring (bicyclic) bond motifs is 2. The number of nitrogens with two attached hydrogens (primary N) is 2. The van der Waals surface area contributed by atoms with E-state index in [2.05, 4.69) is 15.0 Å². The number of amides is 1. The van der Waals surface area contributed by atoms with Gasteiger partial charge in [-0.15, -0.1) is 0 Å². The van der Waals surface area contributed by atoms with E-state index >= 15 is 4.39 Å². The number of rotatable bonds is 5. The fourth-order valence-electron chi connectivity index (χ4n) is 5.32. The highest BCUT2D eigenvalue weighted by Crippen LogP contribution is 2.46. The van der Waals surface area contributed by atoms with Crippen molar-refractivity contribution in [3.8, 4) is 17.1 Å². The topological polar surface area (TPSA) is 127 Å². The van der Waals surface area contributed by atoms with E-state index in [1.54, 1.807) is 11.9 Å². The molecule has 0 aliphatic carbocycles. The summed E-state index contributed by atoms with van der Waals surface area (Å²) in [4.78, 5) is 29.0. The number of likely N-dealkylation sites (tertiary alicyclic amines) is 2. The summed E-state index contributed by atoms with van der Waals surface area (Å²) < 4.78 is 90.9. The third-order valence-electron chi connectivity index (χ3n) is 7.77. The van der Waals surface area contributed by atoms with E-state index in [-0.39, 0.29) is 69.7 Å². The highest BCUT2D eigenvalue weighted by molar-refractivity contribution is 7.22. The maximum Gasteiger partial charge on any atom is 0.417 e. The number of ether oxygens (including phenoxy) is 1. The number of hydrogen-bond acceptors (Lipinski definition) is 10. The molecule has 2 aliphatic rings. The number of nitrogen functional groups attached to an aromatic ring is 1. The molecule has 4 heterocycles. The molecule has 0 bridgehead atoms. The van der Waals surface area contributed by atoms with Gasteiger partial charge in [0.1, 0.15) is 23.3 Å². The Morgan fingerprint density at radius 3 is 2.42 bits per heavy atom. The molecule has 1 unspecified atom stereocenters. The van der Waals surface area contributed by atoms with Crippen LogP contribution >= 0.6 is 11.3 Å². The molecule has 2 fully saturated rings. The smallest absolute Gasteiger partial charge is 0.417 e. The van der Waals surface area contributed by atoms with E-state index in [0.29, 0.717) is 6.54 Å². The van der Waals surface area contributed by atoms with Crippen LogP contribution in [0.5, 0.6) is 6.01 Å². The van der Waals surface area contributed by atoms with Crippen molar-refractivity contribution in [3.05, 3.63) is 35.4 Å². The van der Waals surface area contributed by atoms with Gasteiger partial charge in [0.15, 0.2) is 10.9 Å². The lowest BCUT2D eigenvalue weighted by Crippen LogP contribution is -2.61. The zero-order valence-electron chi connectivity index (χ0n) is 24.5. The van der Waals surface area contributed by atoms with Gasteiger partial charge in [-0.05, 0) is 31.7 Å². The fraction of sp³-hybridized carbons (Fsp3) is 0.429. The lowest BCUT2D eigenvalue weighted by molar-refractivity contribution is -0.137. The van der Waals surface area contributed by atoms with Gasteiger partial charge < -0.3 is 30.9 Å². The van der Waals surface area contributed by atoms with Crippen LogP contribution in [0.15, 0.2) is 18.2 Å². The Balaban J connectivity index is 0.000000505. The van der Waals surface area contributed by atoms with Crippen LogP contribution in [-0.2, 0) is 11.0 Å². The molecule has 2 aromatic heterocycles. The summed E-state index contributed by atoms with van der Waals surface area (Å²) in [5.41, 5.74) is 7.98. The highest BCUT2D eigenvalue weighted by atomic mass is 32.1. The number of hydrogen-bond donors (Lipinski definition) is 2. The van der Waals surface area contributed by atoms with Crippen LogP contribution in [0.4, 0.5) is 37.3 Å². The maximum atomic E-state index is 16.2. The van der Waals surface area contributed by atoms with Crippen molar-refractivity contribution in [3.63, 3.8) is 0 Å². The number of benzene rings is 2. The number of halogens is 6. The van der Waals surface area contributed by atoms with Gasteiger partial charge in [-0.1, -0.05) is 11.3 Å². The molecule has 2 aromatic carbocycles. The molecule has 4 N–H and O–H groups in total. The molecule has 0 radical (unpaired) electrons. The number of carbonyl (C=O) groups excluding carboxylic acids is 1. The number of thiazole rings is 1. The maximum absolute atomic E-state index is 16.2. The molecule has 1 atom stereocenters. The number of alkyl halides is 4. The molecule has 45 heavy (non-hydrogen) atoms. The number of methoxy groups -OCH3 is 1. The van der Waals surface area contributed by atoms with Crippen LogP contribution < -0.4 is 21.1 Å². The fourth-order valence-corrected chi connectivity index (χ4v) is 6.08. The van der Waals surface area contributed by atoms with Crippen molar-refractivity contribution < 1.29 is 35.9 Å². The summed E-state index contributed by atoms with van der Waals surface area (Å²) in [6.07, 6.45) is -4.83. The first-order chi connectivity index (χ1) is 21.2. The summed E-state index contributed by atoms with van der Waals surface area (Å²) in [7, 11) is 4.75. The molecule has 2 aliphatic heterocycles. The summed E-state index contributed by atoms with van der Waals surface area (Å²) in [5.74, 6) is -2.35. The predicted molar refractivity (Wildman–Crippen MR) is 159 cm³/mol. The Morgan fingerprint density at radius 1 is 1.16 bits per heavy atom. The number of carbonyl (C=O) groups is 1. The summed E-state index contributed by atoms with van der Waals surface area (Å²) in [6.45, 7) is 1.91. The average Bonchev–Trinajstić information content (AvgIpc) is 3.55. The van der Waals surface area contributed by atoms with Gasteiger partial charge in [-0.3, -0.25) is 4.79 Å². The van der Waals surface area contributed by atoms with Crippen LogP contribution in [0, 0.1) is 11.6 Å². The minimum Gasteiger partial charge on any atom is -0.467 e. The van der Waals surface area contributed by atoms with Crippen molar-refractivity contribution >= 4 is 49.3 Å². The third kappa shape index (κ3) is 6.28. The molecule has 6 rings (SSSR count). The van der Waals surface area contributed by atoms with Crippen LogP contribution in [-0.4, -0.2) is 96.8 Å². The van der Waals surface area contributed by atoms with Gasteiger partial charge in [-0.25, -0.2) is 18.2 Å². The Kier molecular flexibility index (Phi) is 8.97. The quantitative estimate of drug-likeness (QED) is 0.306. The monoisotopic (exact) mass is 656 g/mol. The highest BCUT2D eigenvalue weighted by Gasteiger charge is 2.39. The Hall–Kier alpha value is -3.96. The Morgan fingerprint density at radius 2 is 1.87 bits per heavy atom. The molecule has 4 aromatic rings. The van der Waals surface area contributed by atoms with E-state index in [0.717, 1.165) is 42.5 Å². The van der Waals surface area contributed by atoms with E-state index < -0.39 is 40.6 Å². The van der Waals surface area contributed by atoms with Crippen LogP contribution in [0.1, 0.15) is 12.0 Å². The third-order valence-corrected chi connectivity index (χ3v) is 8.66. The molecule has 0 saturated carbocycles. The van der Waals surface area contributed by atoms with Crippen LogP contribution in [0.2, 0.25) is 0 Å². The Bertz CT molecular complexity index is 1740. The van der Waals surface area contributed by atoms with Gasteiger partial charge in [-0.2, -0.15) is 23.1 Å². The van der Waals surface area contributed by atoms with E-state index in [1.807, 2.05) is 11.9 Å². The van der Waals surface area contributed by atoms with Crippen molar-refractivity contribution in [2.75, 3.05) is 64.6 Å². The number of likely N-dealkylation sites (N-methyl/N-ethyl adjacent to an activating group) is 1. The molecule has 1 amide bonds. The zero-order valence-corrected chi connectivity index (χ0v) is 25.3. The van der Waals surface area contributed by atoms with Crippen LogP contribution in [0.25, 0.3) is 32.2 Å². The normalized spacial score (nSPS) is 17.4. The van der Waals surface area contributed by atoms with Gasteiger partial charge >= 0.3 is 12.2 Å². The van der Waals surface area contributed by atoms with Crippen LogP contribution in [0.3, 0.4) is 0 Å². The largest absolute Gasteiger partial charge is 0.467 e. The van der Waals surface area contributed by atoms with Crippen molar-refractivity contribution in [2.45, 2.75) is 24.8 Å². The van der Waals surface area contributed by atoms with E-state index in [9.17, 15) is 26.7 Å². The zero-order chi connectivity index (χ0) is 32.8. The molecular weight excluding hydrogens is 626 g/mol. The summed E-state index contributed by atoms with van der Waals surface area (Å²) in [5, 5.41) is -0.307. The number of aromatic nitrogens is 3. The van der Waals surface area contributed by atoms with Gasteiger partial charge in [0, 0.05) is 49.7 Å². The van der Waals surface area contributed by atoms with E-state index in [1.165, 1.54) is 12.0 Å². The Labute approximate surface area is 257 Å². The summed E-state index contributed by atoms with van der Waals surface area (Å²) >= 11 is 0.739. The van der Waals surface area contributed by atoms with Gasteiger partial charge in [0.2, 0.25) is 5.91 Å². The molecule has 17 heteroatoms. The molecule has 0 spiro atoms. The van der Waals surface area contributed by atoms with Gasteiger partial charge in [0.25, 0.3) is 0 Å².